The lowest BCUT2D eigenvalue weighted by Gasteiger charge is -2.20. The Labute approximate surface area is 96.7 Å². The average Bonchev–Trinajstić information content (AvgIpc) is 2.25. The number of fused-ring (bicyclic) bond motifs is 1. The predicted octanol–water partition coefficient (Wildman–Crippen LogP) is 3.12. The van der Waals surface area contributed by atoms with Gasteiger partial charge in [-0.05, 0) is 43.9 Å². The van der Waals surface area contributed by atoms with Gasteiger partial charge >= 0.3 is 0 Å². The van der Waals surface area contributed by atoms with Crippen LogP contribution in [0.4, 0.5) is 0 Å². The molecule has 0 radical (unpaired) electrons. The molecule has 2 heteroatoms. The molecule has 2 rings (SSSR count). The fraction of sp³-hybridized carbons (Fsp3) is 0.357. The summed E-state index contributed by atoms with van der Waals surface area (Å²) in [6.45, 7) is 7.44. The van der Waals surface area contributed by atoms with Crippen LogP contribution < -0.4 is 5.32 Å². The number of rotatable bonds is 2. The third-order valence-corrected chi connectivity index (χ3v) is 2.53. The zero-order valence-corrected chi connectivity index (χ0v) is 10.1. The number of pyridine rings is 1. The Balaban J connectivity index is 2.20. The molecule has 2 nitrogen and oxygen atoms in total. The molecule has 0 aliphatic heterocycles. The van der Waals surface area contributed by atoms with Crippen molar-refractivity contribution in [2.75, 3.05) is 0 Å². The summed E-state index contributed by atoms with van der Waals surface area (Å²) in [7, 11) is 0. The number of benzene rings is 1. The van der Waals surface area contributed by atoms with Crippen molar-refractivity contribution in [3.63, 3.8) is 0 Å². The van der Waals surface area contributed by atoms with Gasteiger partial charge in [-0.15, -0.1) is 0 Å². The lowest BCUT2D eigenvalue weighted by atomic mass is 10.1. The maximum absolute atomic E-state index is 4.11. The lowest BCUT2D eigenvalue weighted by Crippen LogP contribution is -2.35. The van der Waals surface area contributed by atoms with Gasteiger partial charge in [0.05, 0.1) is 0 Å². The Morgan fingerprint density at radius 1 is 1.12 bits per heavy atom. The van der Waals surface area contributed by atoms with Crippen LogP contribution in [0.2, 0.25) is 0 Å². The van der Waals surface area contributed by atoms with E-state index in [0.717, 1.165) is 6.54 Å². The number of aromatic nitrogens is 1. The largest absolute Gasteiger partial charge is 0.308 e. The first-order valence-corrected chi connectivity index (χ1v) is 5.62. The van der Waals surface area contributed by atoms with E-state index in [1.54, 1.807) is 0 Å². The van der Waals surface area contributed by atoms with Gasteiger partial charge in [0.1, 0.15) is 0 Å². The molecule has 0 amide bonds. The van der Waals surface area contributed by atoms with Crippen molar-refractivity contribution < 1.29 is 0 Å². The van der Waals surface area contributed by atoms with Crippen molar-refractivity contribution in [2.45, 2.75) is 32.9 Å². The topological polar surface area (TPSA) is 24.9 Å². The van der Waals surface area contributed by atoms with Crippen molar-refractivity contribution in [3.8, 4) is 0 Å². The third kappa shape index (κ3) is 2.80. The van der Waals surface area contributed by atoms with Crippen LogP contribution in [0.25, 0.3) is 10.8 Å². The molecule has 2 aromatic rings. The quantitative estimate of drug-likeness (QED) is 0.830. The van der Waals surface area contributed by atoms with Crippen LogP contribution in [0.3, 0.4) is 0 Å². The molecule has 0 saturated carbocycles. The third-order valence-electron chi connectivity index (χ3n) is 2.53. The fourth-order valence-corrected chi connectivity index (χ4v) is 1.61. The van der Waals surface area contributed by atoms with Crippen molar-refractivity contribution in [1.29, 1.82) is 0 Å². The van der Waals surface area contributed by atoms with Gasteiger partial charge < -0.3 is 5.32 Å². The zero-order chi connectivity index (χ0) is 11.6. The van der Waals surface area contributed by atoms with Gasteiger partial charge in [0.25, 0.3) is 0 Å². The Morgan fingerprint density at radius 2 is 1.94 bits per heavy atom. The van der Waals surface area contributed by atoms with Crippen LogP contribution in [-0.2, 0) is 6.54 Å². The van der Waals surface area contributed by atoms with E-state index in [2.05, 4.69) is 55.3 Å². The minimum atomic E-state index is 0.160. The van der Waals surface area contributed by atoms with Crippen molar-refractivity contribution in [1.82, 2.24) is 10.3 Å². The molecule has 1 aromatic heterocycles. The molecule has 1 heterocycles. The molecule has 1 aromatic carbocycles. The van der Waals surface area contributed by atoms with Crippen LogP contribution in [-0.4, -0.2) is 10.5 Å². The summed E-state index contributed by atoms with van der Waals surface area (Å²) in [6.07, 6.45) is 3.74. The molecule has 1 N–H and O–H groups in total. The van der Waals surface area contributed by atoms with Gasteiger partial charge in [0.2, 0.25) is 0 Å². The van der Waals surface area contributed by atoms with E-state index in [1.807, 2.05) is 12.4 Å². The van der Waals surface area contributed by atoms with Gasteiger partial charge in [-0.2, -0.15) is 0 Å². The van der Waals surface area contributed by atoms with Gasteiger partial charge in [-0.1, -0.05) is 12.1 Å². The number of nitrogens with zero attached hydrogens (tertiary/aromatic N) is 1. The monoisotopic (exact) mass is 214 g/mol. The zero-order valence-electron chi connectivity index (χ0n) is 10.1. The van der Waals surface area contributed by atoms with E-state index in [9.17, 15) is 0 Å². The second-order valence-electron chi connectivity index (χ2n) is 5.16. The summed E-state index contributed by atoms with van der Waals surface area (Å²) in [5, 5.41) is 5.94. The molecule has 84 valence electrons. The van der Waals surface area contributed by atoms with Crippen molar-refractivity contribution in [3.05, 3.63) is 42.2 Å². The minimum Gasteiger partial charge on any atom is -0.308 e. The molecule has 0 spiro atoms. The molecule has 0 saturated heterocycles. The second kappa shape index (κ2) is 4.22. The second-order valence-corrected chi connectivity index (χ2v) is 5.16. The van der Waals surface area contributed by atoms with E-state index < -0.39 is 0 Å². The maximum Gasteiger partial charge on any atom is 0.0346 e. The Bertz CT molecular complexity index is 483. The Kier molecular flexibility index (Phi) is 2.92. The van der Waals surface area contributed by atoms with Crippen LogP contribution in [0, 0.1) is 0 Å². The molecule has 0 unspecified atom stereocenters. The summed E-state index contributed by atoms with van der Waals surface area (Å²) in [5.41, 5.74) is 1.47. The van der Waals surface area contributed by atoms with Gasteiger partial charge in [-0.3, -0.25) is 4.98 Å². The molecule has 16 heavy (non-hydrogen) atoms. The minimum absolute atomic E-state index is 0.160. The summed E-state index contributed by atoms with van der Waals surface area (Å²) < 4.78 is 0. The van der Waals surface area contributed by atoms with E-state index >= 15 is 0 Å². The van der Waals surface area contributed by atoms with E-state index in [-0.39, 0.29) is 5.54 Å². The fourth-order valence-electron chi connectivity index (χ4n) is 1.61. The smallest absolute Gasteiger partial charge is 0.0346 e. The van der Waals surface area contributed by atoms with Gasteiger partial charge in [0, 0.05) is 29.9 Å². The summed E-state index contributed by atoms with van der Waals surface area (Å²) in [6, 6.07) is 8.55. The van der Waals surface area contributed by atoms with Crippen LogP contribution in [0.15, 0.2) is 36.7 Å². The molecular formula is C14H18N2. The normalized spacial score (nSPS) is 11.9. The van der Waals surface area contributed by atoms with Crippen molar-refractivity contribution in [2.24, 2.45) is 0 Å². The van der Waals surface area contributed by atoms with E-state index in [4.69, 9.17) is 0 Å². The number of nitrogens with one attached hydrogen (secondary N) is 1. The lowest BCUT2D eigenvalue weighted by molar-refractivity contribution is 0.424. The summed E-state index contributed by atoms with van der Waals surface area (Å²) >= 11 is 0. The maximum atomic E-state index is 4.11. The SMILES string of the molecule is CC(C)(C)NCc1ccc2cnccc2c1. The molecule has 0 aliphatic rings. The highest BCUT2D eigenvalue weighted by atomic mass is 14.9. The standard InChI is InChI=1S/C14H18N2/c1-14(2,3)16-9-11-4-5-13-10-15-7-6-12(13)8-11/h4-8,10,16H,9H2,1-3H3. The molecule has 0 aliphatic carbocycles. The summed E-state index contributed by atoms with van der Waals surface area (Å²) in [5.74, 6) is 0. The Hall–Kier alpha value is -1.41. The van der Waals surface area contributed by atoms with Crippen LogP contribution in [0.1, 0.15) is 26.3 Å². The molecule has 0 atom stereocenters. The van der Waals surface area contributed by atoms with Crippen LogP contribution >= 0.6 is 0 Å². The highest BCUT2D eigenvalue weighted by molar-refractivity contribution is 5.81. The van der Waals surface area contributed by atoms with Gasteiger partial charge in [-0.25, -0.2) is 0 Å². The van der Waals surface area contributed by atoms with Crippen molar-refractivity contribution >= 4 is 10.8 Å². The number of hydrogen-bond acceptors (Lipinski definition) is 2. The van der Waals surface area contributed by atoms with E-state index in [0.29, 0.717) is 0 Å². The molecule has 0 fully saturated rings. The summed E-state index contributed by atoms with van der Waals surface area (Å²) in [4.78, 5) is 4.11. The van der Waals surface area contributed by atoms with Crippen LogP contribution in [0.5, 0.6) is 0 Å². The van der Waals surface area contributed by atoms with Gasteiger partial charge in [0.15, 0.2) is 0 Å². The van der Waals surface area contributed by atoms with E-state index in [1.165, 1.54) is 16.3 Å². The highest BCUT2D eigenvalue weighted by Crippen LogP contribution is 2.15. The Morgan fingerprint density at radius 3 is 2.69 bits per heavy atom. The molecular weight excluding hydrogens is 196 g/mol. The number of hydrogen-bond donors (Lipinski definition) is 1. The predicted molar refractivity (Wildman–Crippen MR) is 68.3 cm³/mol. The highest BCUT2D eigenvalue weighted by Gasteiger charge is 2.08. The first-order chi connectivity index (χ1) is 7.54. The average molecular weight is 214 g/mol. The molecule has 0 bridgehead atoms. The first-order valence-electron chi connectivity index (χ1n) is 5.62. The first kappa shape index (κ1) is 11.1.